The zero-order valence-corrected chi connectivity index (χ0v) is 9.63. The summed E-state index contributed by atoms with van der Waals surface area (Å²) in [6, 6.07) is 0. The number of rotatable bonds is 3. The molecule has 0 aliphatic heterocycles. The number of sulfonamides is 1. The van der Waals surface area contributed by atoms with Gasteiger partial charge >= 0.3 is 0 Å². The third-order valence-corrected chi connectivity index (χ3v) is 3.96. The van der Waals surface area contributed by atoms with Gasteiger partial charge < -0.3 is 0 Å². The molecule has 15 heavy (non-hydrogen) atoms. The third kappa shape index (κ3) is 2.73. The molecule has 1 atom stereocenters. The molecule has 1 aromatic rings. The van der Waals surface area contributed by atoms with Crippen LogP contribution in [0.4, 0.5) is 0 Å². The number of nitrogens with two attached hydrogens (primary N) is 1. The first kappa shape index (κ1) is 12.1. The van der Waals surface area contributed by atoms with E-state index in [9.17, 15) is 16.8 Å². The molecule has 0 spiro atoms. The Kier molecular flexibility index (Phi) is 2.85. The first-order valence-corrected chi connectivity index (χ1v) is 7.26. The van der Waals surface area contributed by atoms with E-state index in [1.165, 1.54) is 6.92 Å². The van der Waals surface area contributed by atoms with Crippen molar-refractivity contribution in [2.24, 2.45) is 5.14 Å². The van der Waals surface area contributed by atoms with Crippen molar-refractivity contribution >= 4 is 19.9 Å². The van der Waals surface area contributed by atoms with E-state index in [1.807, 2.05) is 0 Å². The molecule has 86 valence electrons. The second-order valence-electron chi connectivity index (χ2n) is 3.02. The molecule has 1 heterocycles. The Morgan fingerprint density at radius 3 is 2.20 bits per heavy atom. The molecule has 0 saturated heterocycles. The van der Waals surface area contributed by atoms with Gasteiger partial charge in [-0.05, 0) is 6.92 Å². The summed E-state index contributed by atoms with van der Waals surface area (Å²) in [6.07, 6.45) is 1.01. The normalized spacial score (nSPS) is 15.1. The highest BCUT2D eigenvalue weighted by Gasteiger charge is 2.23. The number of aromatic amines is 1. The first-order valence-electron chi connectivity index (χ1n) is 3.76. The predicted octanol–water partition coefficient (Wildman–Crippen LogP) is -1.44. The van der Waals surface area contributed by atoms with E-state index >= 15 is 0 Å². The number of hydrogen-bond donors (Lipinski definition) is 2. The minimum absolute atomic E-state index is 0.0541. The number of sulfone groups is 1. The second kappa shape index (κ2) is 3.54. The van der Waals surface area contributed by atoms with E-state index in [0.29, 0.717) is 0 Å². The van der Waals surface area contributed by atoms with Gasteiger partial charge in [-0.15, -0.1) is 5.10 Å². The molecule has 8 nitrogen and oxygen atoms in total. The van der Waals surface area contributed by atoms with Crippen LogP contribution in [0.3, 0.4) is 0 Å². The first-order chi connectivity index (χ1) is 6.62. The van der Waals surface area contributed by atoms with Gasteiger partial charge in [-0.1, -0.05) is 0 Å². The van der Waals surface area contributed by atoms with Crippen molar-refractivity contribution in [3.63, 3.8) is 0 Å². The fraction of sp³-hybridized carbons (Fsp3) is 0.600. The van der Waals surface area contributed by atoms with Gasteiger partial charge in [-0.25, -0.2) is 22.0 Å². The van der Waals surface area contributed by atoms with Crippen molar-refractivity contribution in [3.8, 4) is 0 Å². The zero-order chi connectivity index (χ0) is 11.9. The number of nitrogens with one attached hydrogen (secondary N) is 1. The molecular weight excluding hydrogens is 244 g/mol. The Balaban J connectivity index is 3.17. The summed E-state index contributed by atoms with van der Waals surface area (Å²) >= 11 is 0. The predicted molar refractivity (Wildman–Crippen MR) is 51.0 cm³/mol. The summed E-state index contributed by atoms with van der Waals surface area (Å²) in [6.45, 7) is 1.36. The Bertz CT molecular complexity index is 558. The summed E-state index contributed by atoms with van der Waals surface area (Å²) in [5, 5.41) is 8.71. The van der Waals surface area contributed by atoms with Crippen molar-refractivity contribution in [2.45, 2.75) is 17.3 Å². The summed E-state index contributed by atoms with van der Waals surface area (Å²) in [5.74, 6) is -0.0541. The van der Waals surface area contributed by atoms with Crippen LogP contribution in [0.2, 0.25) is 0 Å². The Labute approximate surface area is 86.9 Å². The van der Waals surface area contributed by atoms with Crippen molar-refractivity contribution in [1.29, 1.82) is 0 Å². The number of H-pyrrole nitrogens is 1. The molecule has 0 fully saturated rings. The minimum atomic E-state index is -4.01. The number of primary sulfonamides is 1. The zero-order valence-electron chi connectivity index (χ0n) is 8.00. The fourth-order valence-electron chi connectivity index (χ4n) is 0.770. The van der Waals surface area contributed by atoms with E-state index in [1.54, 1.807) is 0 Å². The van der Waals surface area contributed by atoms with Crippen LogP contribution in [-0.4, -0.2) is 38.3 Å². The highest BCUT2D eigenvalue weighted by Crippen LogP contribution is 2.16. The van der Waals surface area contributed by atoms with Gasteiger partial charge in [0.1, 0.15) is 11.1 Å². The van der Waals surface area contributed by atoms with E-state index in [-0.39, 0.29) is 5.82 Å². The Hall–Kier alpha value is -1.00. The van der Waals surface area contributed by atoms with Crippen LogP contribution in [0, 0.1) is 0 Å². The lowest BCUT2D eigenvalue weighted by Crippen LogP contribution is -2.14. The average molecular weight is 254 g/mol. The van der Waals surface area contributed by atoms with Crippen molar-refractivity contribution < 1.29 is 16.8 Å². The monoisotopic (exact) mass is 254 g/mol. The average Bonchev–Trinajstić information content (AvgIpc) is 2.47. The number of hydrogen-bond acceptors (Lipinski definition) is 6. The molecule has 0 aromatic carbocycles. The Morgan fingerprint density at radius 1 is 1.33 bits per heavy atom. The molecule has 0 aliphatic rings. The van der Waals surface area contributed by atoms with E-state index < -0.39 is 30.3 Å². The van der Waals surface area contributed by atoms with Gasteiger partial charge in [-0.2, -0.15) is 4.98 Å². The topological polar surface area (TPSA) is 136 Å². The van der Waals surface area contributed by atoms with Gasteiger partial charge in [0, 0.05) is 6.26 Å². The molecule has 10 heteroatoms. The molecule has 0 saturated carbocycles. The third-order valence-electron chi connectivity index (χ3n) is 1.76. The smallest absolute Gasteiger partial charge is 0.261 e. The summed E-state index contributed by atoms with van der Waals surface area (Å²) in [5.41, 5.74) is 0. The van der Waals surface area contributed by atoms with Crippen LogP contribution < -0.4 is 5.14 Å². The van der Waals surface area contributed by atoms with E-state index in [2.05, 4.69) is 15.2 Å². The SMILES string of the molecule is CC(c1nc(S(N)(=O)=O)n[nH]1)S(C)(=O)=O. The van der Waals surface area contributed by atoms with E-state index in [0.717, 1.165) is 6.26 Å². The maximum absolute atomic E-state index is 11.1. The molecule has 0 bridgehead atoms. The highest BCUT2D eigenvalue weighted by atomic mass is 32.2. The molecule has 1 aromatic heterocycles. The standard InChI is InChI=1S/C5H10N4O4S2/c1-3(14(2,10)11)4-7-5(9-8-4)15(6,12)13/h3H,1-2H3,(H2,6,12,13)(H,7,8,9). The van der Waals surface area contributed by atoms with Crippen LogP contribution in [0.25, 0.3) is 0 Å². The number of aromatic nitrogens is 3. The van der Waals surface area contributed by atoms with E-state index in [4.69, 9.17) is 5.14 Å². The summed E-state index contributed by atoms with van der Waals surface area (Å²) in [7, 11) is -7.37. The van der Waals surface area contributed by atoms with Crippen molar-refractivity contribution in [3.05, 3.63) is 5.82 Å². The van der Waals surface area contributed by atoms with Crippen LogP contribution in [-0.2, 0) is 19.9 Å². The maximum atomic E-state index is 11.1. The van der Waals surface area contributed by atoms with Crippen LogP contribution in [0.5, 0.6) is 0 Å². The molecule has 1 rings (SSSR count). The van der Waals surface area contributed by atoms with Crippen LogP contribution in [0.1, 0.15) is 18.0 Å². The van der Waals surface area contributed by atoms with Gasteiger partial charge in [-0.3, -0.25) is 5.10 Å². The molecule has 0 amide bonds. The quantitative estimate of drug-likeness (QED) is 0.677. The van der Waals surface area contributed by atoms with Crippen molar-refractivity contribution in [2.75, 3.05) is 6.26 Å². The molecule has 0 radical (unpaired) electrons. The van der Waals surface area contributed by atoms with Gasteiger partial charge in [0.05, 0.1) is 0 Å². The number of nitrogens with zero attached hydrogens (tertiary/aromatic N) is 2. The maximum Gasteiger partial charge on any atom is 0.282 e. The largest absolute Gasteiger partial charge is 0.282 e. The lowest BCUT2D eigenvalue weighted by Gasteiger charge is -2.03. The lowest BCUT2D eigenvalue weighted by atomic mass is 10.5. The lowest BCUT2D eigenvalue weighted by molar-refractivity contribution is 0.585. The van der Waals surface area contributed by atoms with Gasteiger partial charge in [0.25, 0.3) is 15.2 Å². The fourth-order valence-corrected chi connectivity index (χ4v) is 1.68. The van der Waals surface area contributed by atoms with Crippen LogP contribution >= 0.6 is 0 Å². The molecule has 3 N–H and O–H groups in total. The second-order valence-corrected chi connectivity index (χ2v) is 6.84. The Morgan fingerprint density at radius 2 is 1.87 bits per heavy atom. The highest BCUT2D eigenvalue weighted by molar-refractivity contribution is 7.90. The van der Waals surface area contributed by atoms with Crippen LogP contribution in [0.15, 0.2) is 5.16 Å². The molecule has 0 aliphatic carbocycles. The molecular formula is C5H10N4O4S2. The van der Waals surface area contributed by atoms with Gasteiger partial charge in [0.15, 0.2) is 9.84 Å². The summed E-state index contributed by atoms with van der Waals surface area (Å²) in [4.78, 5) is 3.49. The molecule has 1 unspecified atom stereocenters. The van der Waals surface area contributed by atoms with Gasteiger partial charge in [0.2, 0.25) is 0 Å². The van der Waals surface area contributed by atoms with Crippen molar-refractivity contribution in [1.82, 2.24) is 15.2 Å². The summed E-state index contributed by atoms with van der Waals surface area (Å²) < 4.78 is 43.8. The minimum Gasteiger partial charge on any atom is -0.261 e.